The van der Waals surface area contributed by atoms with Crippen molar-refractivity contribution in [1.82, 2.24) is 9.97 Å². The van der Waals surface area contributed by atoms with Crippen LogP contribution in [0.1, 0.15) is 40.7 Å². The molecule has 3 aromatic carbocycles. The maximum absolute atomic E-state index is 13.9. The molecule has 0 atom stereocenters. The Hall–Kier alpha value is -4.73. The third-order valence-electron chi connectivity index (χ3n) is 6.97. The van der Waals surface area contributed by atoms with Gasteiger partial charge in [-0.15, -0.1) is 0 Å². The molecule has 0 fully saturated rings. The number of carboxylic acids is 1. The number of aromatic nitrogens is 2. The fourth-order valence-electron chi connectivity index (χ4n) is 4.75. The minimum atomic E-state index is -5.16. The normalized spacial score (nSPS) is 12.1. The van der Waals surface area contributed by atoms with Gasteiger partial charge in [-0.1, -0.05) is 17.7 Å². The van der Waals surface area contributed by atoms with Gasteiger partial charge >= 0.3 is 24.5 Å². The van der Waals surface area contributed by atoms with Gasteiger partial charge in [0.05, 0.1) is 42.8 Å². The van der Waals surface area contributed by atoms with E-state index in [1.165, 1.54) is 25.3 Å². The van der Waals surface area contributed by atoms with Crippen LogP contribution in [-0.2, 0) is 36.4 Å². The molecule has 0 radical (unpaired) electrons. The fourth-order valence-corrected chi connectivity index (χ4v) is 4.92. The monoisotopic (exact) mass is 721 g/mol. The lowest BCUT2D eigenvalue weighted by molar-refractivity contribution is -0.143. The van der Waals surface area contributed by atoms with Gasteiger partial charge < -0.3 is 19.5 Å². The molecule has 0 spiro atoms. The summed E-state index contributed by atoms with van der Waals surface area (Å²) in [6, 6.07) is 8.05. The van der Waals surface area contributed by atoms with E-state index in [1.807, 2.05) is 0 Å². The van der Waals surface area contributed by atoms with Gasteiger partial charge in [-0.3, -0.25) is 4.79 Å². The number of alkyl halides is 9. The Morgan fingerprint density at radius 1 is 0.796 bits per heavy atom. The molecular weight excluding hydrogens is 697 g/mol. The van der Waals surface area contributed by atoms with Crippen LogP contribution in [0.5, 0.6) is 11.5 Å². The molecular formula is C32H25ClF9N3O4. The largest absolute Gasteiger partial charge is 0.496 e. The lowest BCUT2D eigenvalue weighted by Gasteiger charge is -2.26. The van der Waals surface area contributed by atoms with Crippen LogP contribution in [0.3, 0.4) is 0 Å². The maximum atomic E-state index is 13.9. The standard InChI is InChI=1S/C32H25ClF9N3O4/c1-48-27-7-5-23(33)13-26(27)25-6-4-20(30(34,35)36)11-19(25)17-45(29-43-14-24(15-44-29)49-8-2-3-28(46)47)16-18-9-21(31(37,38)39)12-22(10-18)32(40,41)42/h4-7,9-15H,2-3,8,16-17H2,1H3,(H,46,47). The molecule has 17 heteroatoms. The summed E-state index contributed by atoms with van der Waals surface area (Å²) >= 11 is 6.18. The van der Waals surface area contributed by atoms with E-state index in [0.29, 0.717) is 12.1 Å². The predicted octanol–water partition coefficient (Wildman–Crippen LogP) is 9.31. The van der Waals surface area contributed by atoms with Crippen molar-refractivity contribution in [2.45, 2.75) is 44.5 Å². The molecule has 0 aliphatic heterocycles. The Balaban J connectivity index is 1.85. The zero-order valence-electron chi connectivity index (χ0n) is 25.2. The van der Waals surface area contributed by atoms with Crippen molar-refractivity contribution >= 4 is 23.5 Å². The summed E-state index contributed by atoms with van der Waals surface area (Å²) in [4.78, 5) is 20.1. The Kier molecular flexibility index (Phi) is 11.2. The molecule has 0 unspecified atom stereocenters. The second kappa shape index (κ2) is 14.8. The molecule has 4 rings (SSSR count). The number of aliphatic carboxylic acids is 1. The van der Waals surface area contributed by atoms with Crippen molar-refractivity contribution in [1.29, 1.82) is 0 Å². The van der Waals surface area contributed by atoms with Gasteiger partial charge in [0.1, 0.15) is 5.75 Å². The molecule has 0 saturated carbocycles. The van der Waals surface area contributed by atoms with E-state index < -0.39 is 59.8 Å². The molecule has 262 valence electrons. The molecule has 0 aliphatic carbocycles. The van der Waals surface area contributed by atoms with E-state index in [1.54, 1.807) is 0 Å². The first kappa shape index (κ1) is 37.1. The SMILES string of the molecule is COc1ccc(Cl)cc1-c1ccc(C(F)(F)F)cc1CN(Cc1cc(C(F)(F)F)cc(C(F)(F)F)c1)c1ncc(OCCCC(=O)O)cn1. The van der Waals surface area contributed by atoms with Crippen LogP contribution in [0.15, 0.2) is 67.0 Å². The number of halogens is 10. The Morgan fingerprint density at radius 3 is 1.96 bits per heavy atom. The molecule has 1 N–H and O–H groups in total. The minimum absolute atomic E-state index is 0.0434. The van der Waals surface area contributed by atoms with Gasteiger partial charge in [0, 0.05) is 30.1 Å². The maximum Gasteiger partial charge on any atom is 0.416 e. The van der Waals surface area contributed by atoms with Crippen molar-refractivity contribution in [3.8, 4) is 22.6 Å². The Morgan fingerprint density at radius 2 is 1.41 bits per heavy atom. The average Bonchev–Trinajstić information content (AvgIpc) is 3.01. The first-order chi connectivity index (χ1) is 22.8. The van der Waals surface area contributed by atoms with E-state index in [4.69, 9.17) is 26.2 Å². The van der Waals surface area contributed by atoms with E-state index in [9.17, 15) is 44.3 Å². The van der Waals surface area contributed by atoms with Gasteiger partial charge in [0.2, 0.25) is 5.95 Å². The number of rotatable bonds is 12. The minimum Gasteiger partial charge on any atom is -0.496 e. The average molecular weight is 722 g/mol. The quantitative estimate of drug-likeness (QED) is 0.115. The molecule has 0 aliphatic rings. The number of carboxylic acid groups (broad SMARTS) is 1. The number of hydrogen-bond donors (Lipinski definition) is 1. The molecule has 4 aromatic rings. The predicted molar refractivity (Wildman–Crippen MR) is 159 cm³/mol. The number of ether oxygens (including phenoxy) is 2. The number of nitrogens with zero attached hydrogens (tertiary/aromatic N) is 3. The van der Waals surface area contributed by atoms with Crippen LogP contribution in [0.25, 0.3) is 11.1 Å². The molecule has 1 aromatic heterocycles. The van der Waals surface area contributed by atoms with Gasteiger partial charge in [-0.2, -0.15) is 39.5 Å². The Labute approximate surface area is 277 Å². The second-order valence-electron chi connectivity index (χ2n) is 10.5. The summed E-state index contributed by atoms with van der Waals surface area (Å²) in [6.07, 6.45) is -13.0. The van der Waals surface area contributed by atoms with Crippen LogP contribution in [0.2, 0.25) is 5.02 Å². The van der Waals surface area contributed by atoms with E-state index >= 15 is 0 Å². The van der Waals surface area contributed by atoms with E-state index in [0.717, 1.165) is 35.5 Å². The van der Waals surface area contributed by atoms with Crippen molar-refractivity contribution in [3.63, 3.8) is 0 Å². The number of hydrogen-bond acceptors (Lipinski definition) is 6. The third-order valence-corrected chi connectivity index (χ3v) is 7.20. The lowest BCUT2D eigenvalue weighted by atomic mass is 9.95. The van der Waals surface area contributed by atoms with Crippen LogP contribution in [0.4, 0.5) is 45.5 Å². The number of carbonyl (C=O) groups is 1. The first-order valence-electron chi connectivity index (χ1n) is 14.1. The van der Waals surface area contributed by atoms with Crippen LogP contribution in [-0.4, -0.2) is 34.8 Å². The summed E-state index contributed by atoms with van der Waals surface area (Å²) in [7, 11) is 1.31. The number of anilines is 1. The summed E-state index contributed by atoms with van der Waals surface area (Å²) in [5.41, 5.74) is -4.42. The van der Waals surface area contributed by atoms with Crippen LogP contribution in [0, 0.1) is 0 Å². The van der Waals surface area contributed by atoms with Crippen molar-refractivity contribution in [2.24, 2.45) is 0 Å². The Bertz CT molecular complexity index is 1750. The van der Waals surface area contributed by atoms with Gasteiger partial charge in [-0.05, 0) is 71.6 Å². The summed E-state index contributed by atoms with van der Waals surface area (Å²) in [6.45, 7) is -1.31. The highest BCUT2D eigenvalue weighted by atomic mass is 35.5. The lowest BCUT2D eigenvalue weighted by Crippen LogP contribution is -2.25. The smallest absolute Gasteiger partial charge is 0.416 e. The molecule has 0 bridgehead atoms. The van der Waals surface area contributed by atoms with Gasteiger partial charge in [-0.25, -0.2) is 9.97 Å². The second-order valence-corrected chi connectivity index (χ2v) is 11.0. The van der Waals surface area contributed by atoms with Gasteiger partial charge in [0.15, 0.2) is 5.75 Å². The van der Waals surface area contributed by atoms with Crippen molar-refractivity contribution < 1.29 is 58.9 Å². The van der Waals surface area contributed by atoms with Crippen LogP contribution < -0.4 is 14.4 Å². The first-order valence-corrected chi connectivity index (χ1v) is 14.5. The fraction of sp³-hybridized carbons (Fsp3) is 0.281. The van der Waals surface area contributed by atoms with E-state index in [-0.39, 0.29) is 64.7 Å². The topological polar surface area (TPSA) is 84.8 Å². The van der Waals surface area contributed by atoms with Gasteiger partial charge in [0.25, 0.3) is 0 Å². The number of benzene rings is 3. The number of methoxy groups -OCH3 is 1. The molecule has 1 heterocycles. The molecule has 0 amide bonds. The highest BCUT2D eigenvalue weighted by Crippen LogP contribution is 2.40. The van der Waals surface area contributed by atoms with E-state index in [2.05, 4.69) is 9.97 Å². The summed E-state index contributed by atoms with van der Waals surface area (Å²) in [5.74, 6) is -1.08. The third kappa shape index (κ3) is 9.90. The zero-order valence-corrected chi connectivity index (χ0v) is 25.9. The van der Waals surface area contributed by atoms with Crippen LogP contribution >= 0.6 is 11.6 Å². The zero-order chi connectivity index (χ0) is 36.1. The van der Waals surface area contributed by atoms with Crippen molar-refractivity contribution in [3.05, 3.63) is 99.8 Å². The van der Waals surface area contributed by atoms with Crippen molar-refractivity contribution in [2.75, 3.05) is 18.6 Å². The molecule has 0 saturated heterocycles. The summed E-state index contributed by atoms with van der Waals surface area (Å²) < 4.78 is 135. The highest BCUT2D eigenvalue weighted by Gasteiger charge is 2.37. The highest BCUT2D eigenvalue weighted by molar-refractivity contribution is 6.31. The molecule has 7 nitrogen and oxygen atoms in total. The molecule has 49 heavy (non-hydrogen) atoms. The summed E-state index contributed by atoms with van der Waals surface area (Å²) in [5, 5.41) is 8.98.